The van der Waals surface area contributed by atoms with Crippen molar-refractivity contribution >= 4 is 5.91 Å². The largest absolute Gasteiger partial charge is 0.344 e. The van der Waals surface area contributed by atoms with Crippen molar-refractivity contribution in [1.82, 2.24) is 15.1 Å². The van der Waals surface area contributed by atoms with E-state index >= 15 is 0 Å². The minimum Gasteiger partial charge on any atom is -0.344 e. The van der Waals surface area contributed by atoms with Crippen molar-refractivity contribution in [3.05, 3.63) is 0 Å². The number of amides is 1. The summed E-state index contributed by atoms with van der Waals surface area (Å²) < 4.78 is 0. The highest BCUT2D eigenvalue weighted by Crippen LogP contribution is 2.21. The molecular formula is C14H27N3O. The van der Waals surface area contributed by atoms with Gasteiger partial charge in [-0.15, -0.1) is 0 Å². The van der Waals surface area contributed by atoms with Crippen molar-refractivity contribution in [2.45, 2.75) is 32.7 Å². The van der Waals surface area contributed by atoms with Crippen molar-refractivity contribution in [2.24, 2.45) is 11.8 Å². The van der Waals surface area contributed by atoms with Crippen molar-refractivity contribution in [1.29, 1.82) is 0 Å². The molecule has 2 atom stereocenters. The molecule has 0 radical (unpaired) electrons. The van der Waals surface area contributed by atoms with Crippen LogP contribution in [0, 0.1) is 11.8 Å². The van der Waals surface area contributed by atoms with Crippen LogP contribution in [0.15, 0.2) is 0 Å². The van der Waals surface area contributed by atoms with E-state index in [9.17, 15) is 4.79 Å². The molecule has 1 N–H and O–H groups in total. The third kappa shape index (κ3) is 2.86. The highest BCUT2D eigenvalue weighted by Gasteiger charge is 2.32. The van der Waals surface area contributed by atoms with E-state index in [0.29, 0.717) is 17.9 Å². The molecule has 18 heavy (non-hydrogen) atoms. The van der Waals surface area contributed by atoms with Crippen molar-refractivity contribution < 1.29 is 4.79 Å². The van der Waals surface area contributed by atoms with Crippen LogP contribution < -0.4 is 5.32 Å². The van der Waals surface area contributed by atoms with E-state index in [1.807, 2.05) is 11.9 Å². The molecule has 2 unspecified atom stereocenters. The Labute approximate surface area is 111 Å². The van der Waals surface area contributed by atoms with Gasteiger partial charge in [0.1, 0.15) is 0 Å². The van der Waals surface area contributed by atoms with E-state index in [1.54, 1.807) is 0 Å². The van der Waals surface area contributed by atoms with Gasteiger partial charge in [0, 0.05) is 25.6 Å². The second-order valence-electron chi connectivity index (χ2n) is 5.85. The molecular weight excluding hydrogens is 226 g/mol. The predicted molar refractivity (Wildman–Crippen MR) is 73.4 cm³/mol. The number of likely N-dealkylation sites (N-methyl/N-ethyl adjacent to an activating group) is 2. The first-order valence-corrected chi connectivity index (χ1v) is 7.33. The van der Waals surface area contributed by atoms with Gasteiger partial charge in [0.25, 0.3) is 0 Å². The molecule has 2 heterocycles. The molecule has 4 heteroatoms. The zero-order valence-electron chi connectivity index (χ0n) is 12.0. The normalized spacial score (nSPS) is 26.9. The summed E-state index contributed by atoms with van der Waals surface area (Å²) in [7, 11) is 1.97. The number of nitrogens with zero attached hydrogens (tertiary/aromatic N) is 2. The van der Waals surface area contributed by atoms with Crippen LogP contribution in [0.3, 0.4) is 0 Å². The van der Waals surface area contributed by atoms with Gasteiger partial charge in [-0.2, -0.15) is 0 Å². The first-order valence-electron chi connectivity index (χ1n) is 7.33. The zero-order valence-corrected chi connectivity index (χ0v) is 12.0. The van der Waals surface area contributed by atoms with E-state index in [-0.39, 0.29) is 5.92 Å². The lowest BCUT2D eigenvalue weighted by molar-refractivity contribution is -0.136. The van der Waals surface area contributed by atoms with Crippen LogP contribution in [-0.2, 0) is 4.79 Å². The van der Waals surface area contributed by atoms with E-state index < -0.39 is 0 Å². The van der Waals surface area contributed by atoms with Crippen LogP contribution in [0.25, 0.3) is 0 Å². The molecule has 2 aliphatic heterocycles. The third-order valence-corrected chi connectivity index (χ3v) is 4.68. The molecule has 1 amide bonds. The van der Waals surface area contributed by atoms with Gasteiger partial charge >= 0.3 is 0 Å². The number of likely N-dealkylation sites (tertiary alicyclic amines) is 1. The molecule has 2 fully saturated rings. The third-order valence-electron chi connectivity index (χ3n) is 4.68. The lowest BCUT2D eigenvalue weighted by Crippen LogP contribution is -2.51. The molecule has 0 spiro atoms. The predicted octanol–water partition coefficient (Wildman–Crippen LogP) is 0.785. The quantitative estimate of drug-likeness (QED) is 0.787. The van der Waals surface area contributed by atoms with Gasteiger partial charge < -0.3 is 10.2 Å². The average Bonchev–Trinajstić information content (AvgIpc) is 2.72. The monoisotopic (exact) mass is 253 g/mol. The minimum absolute atomic E-state index is 0.174. The Bertz CT molecular complexity index is 291. The molecule has 0 saturated carbocycles. The molecule has 4 nitrogen and oxygen atoms in total. The highest BCUT2D eigenvalue weighted by molar-refractivity contribution is 5.78. The van der Waals surface area contributed by atoms with E-state index in [0.717, 1.165) is 26.2 Å². The maximum absolute atomic E-state index is 12.3. The summed E-state index contributed by atoms with van der Waals surface area (Å²) in [6.45, 7) is 9.51. The topological polar surface area (TPSA) is 35.6 Å². The van der Waals surface area contributed by atoms with Crippen molar-refractivity contribution in [3.8, 4) is 0 Å². The van der Waals surface area contributed by atoms with Crippen LogP contribution >= 0.6 is 0 Å². The fourth-order valence-electron chi connectivity index (χ4n) is 3.14. The van der Waals surface area contributed by atoms with Crippen LogP contribution in [-0.4, -0.2) is 61.5 Å². The Morgan fingerprint density at radius 1 is 1.50 bits per heavy atom. The van der Waals surface area contributed by atoms with Crippen LogP contribution in [0.2, 0.25) is 0 Å². The van der Waals surface area contributed by atoms with Crippen molar-refractivity contribution in [3.63, 3.8) is 0 Å². The zero-order chi connectivity index (χ0) is 13.1. The number of rotatable bonds is 5. The van der Waals surface area contributed by atoms with Crippen LogP contribution in [0.4, 0.5) is 0 Å². The molecule has 2 saturated heterocycles. The van der Waals surface area contributed by atoms with Gasteiger partial charge in [0.05, 0.1) is 0 Å². The number of carbonyl (C=O) groups is 1. The smallest absolute Gasteiger partial charge is 0.225 e. The number of nitrogens with one attached hydrogen (secondary N) is 1. The Kier molecular flexibility index (Phi) is 4.62. The van der Waals surface area contributed by atoms with Gasteiger partial charge in [-0.05, 0) is 44.9 Å². The molecule has 2 rings (SSSR count). The summed E-state index contributed by atoms with van der Waals surface area (Å²) in [6, 6.07) is 0.579. The van der Waals surface area contributed by atoms with Crippen molar-refractivity contribution in [2.75, 3.05) is 39.8 Å². The van der Waals surface area contributed by atoms with Crippen LogP contribution in [0.1, 0.15) is 26.7 Å². The molecule has 0 aromatic rings. The lowest BCUT2D eigenvalue weighted by atomic mass is 9.88. The Morgan fingerprint density at radius 3 is 2.78 bits per heavy atom. The Hall–Kier alpha value is -0.610. The first kappa shape index (κ1) is 13.8. The van der Waals surface area contributed by atoms with Gasteiger partial charge in [0.2, 0.25) is 5.91 Å². The van der Waals surface area contributed by atoms with Crippen LogP contribution in [0.5, 0.6) is 0 Å². The lowest BCUT2D eigenvalue weighted by Gasteiger charge is -2.35. The van der Waals surface area contributed by atoms with E-state index in [1.165, 1.54) is 19.4 Å². The summed E-state index contributed by atoms with van der Waals surface area (Å²) in [4.78, 5) is 16.8. The van der Waals surface area contributed by atoms with E-state index in [2.05, 4.69) is 24.1 Å². The fourth-order valence-corrected chi connectivity index (χ4v) is 3.14. The summed E-state index contributed by atoms with van der Waals surface area (Å²) in [5, 5.41) is 3.25. The fraction of sp³-hybridized carbons (Fsp3) is 0.929. The maximum Gasteiger partial charge on any atom is 0.225 e. The number of hydrogen-bond donors (Lipinski definition) is 1. The Morgan fingerprint density at radius 2 is 2.22 bits per heavy atom. The summed E-state index contributed by atoms with van der Waals surface area (Å²) in [6.07, 6.45) is 2.52. The van der Waals surface area contributed by atoms with Gasteiger partial charge in [-0.1, -0.05) is 13.8 Å². The minimum atomic E-state index is 0.174. The standard InChI is InChI=1S/C14H27N3O/c1-4-17-7-5-6-13(17)10-16(3)14(18)11(2)12-8-15-9-12/h11-13,15H,4-10H2,1-3H3. The molecule has 0 aromatic heterocycles. The molecule has 2 aliphatic rings. The second kappa shape index (κ2) is 6.02. The number of hydrogen-bond acceptors (Lipinski definition) is 3. The molecule has 0 aromatic carbocycles. The SMILES string of the molecule is CCN1CCCC1CN(C)C(=O)C(C)C1CNC1. The van der Waals surface area contributed by atoms with Gasteiger partial charge in [-0.3, -0.25) is 9.69 Å². The van der Waals surface area contributed by atoms with E-state index in [4.69, 9.17) is 0 Å². The average molecular weight is 253 g/mol. The summed E-state index contributed by atoms with van der Waals surface area (Å²) in [5.74, 6) is 1.04. The molecule has 0 bridgehead atoms. The number of carbonyl (C=O) groups excluding carboxylic acids is 1. The summed E-state index contributed by atoms with van der Waals surface area (Å²) in [5.41, 5.74) is 0. The Balaban J connectivity index is 1.82. The molecule has 104 valence electrons. The van der Waals surface area contributed by atoms with Gasteiger partial charge in [0.15, 0.2) is 0 Å². The maximum atomic E-state index is 12.3. The highest BCUT2D eigenvalue weighted by atomic mass is 16.2. The first-order chi connectivity index (χ1) is 8.63. The second-order valence-corrected chi connectivity index (χ2v) is 5.85. The molecule has 0 aliphatic carbocycles. The van der Waals surface area contributed by atoms with Gasteiger partial charge in [-0.25, -0.2) is 0 Å². The summed E-state index contributed by atoms with van der Waals surface area (Å²) >= 11 is 0.